The zero-order chi connectivity index (χ0) is 9.97. The number of aliphatic hydroxyl groups is 1. The van der Waals surface area contributed by atoms with Crippen LogP contribution in [0.1, 0.15) is 36.0 Å². The molecule has 2 heteroatoms. The Morgan fingerprint density at radius 3 is 2.93 bits per heavy atom. The third kappa shape index (κ3) is 2.14. The van der Waals surface area contributed by atoms with Crippen LogP contribution in [0, 0.1) is 0 Å². The average molecular weight is 191 g/mol. The molecule has 0 aromatic heterocycles. The van der Waals surface area contributed by atoms with Crippen molar-refractivity contribution in [3.8, 4) is 0 Å². The van der Waals surface area contributed by atoms with Crippen molar-refractivity contribution in [2.75, 3.05) is 13.6 Å². The van der Waals surface area contributed by atoms with Crippen LogP contribution in [-0.2, 0) is 0 Å². The van der Waals surface area contributed by atoms with Crippen LogP contribution in [0.3, 0.4) is 0 Å². The molecule has 1 fully saturated rings. The second kappa shape index (κ2) is 4.11. The van der Waals surface area contributed by atoms with Crippen LogP contribution in [0.25, 0.3) is 0 Å². The van der Waals surface area contributed by atoms with Gasteiger partial charge in [0.25, 0.3) is 0 Å². The number of aliphatic hydroxyl groups excluding tert-OH is 1. The SMILES string of the molecule is CNCC(O)c1cccc(C2CC2)c1. The Bertz CT molecular complexity index is 307. The Balaban J connectivity index is 2.12. The Morgan fingerprint density at radius 2 is 2.29 bits per heavy atom. The quantitative estimate of drug-likeness (QED) is 0.761. The van der Waals surface area contributed by atoms with E-state index in [1.54, 1.807) is 0 Å². The van der Waals surface area contributed by atoms with Gasteiger partial charge in [-0.05, 0) is 36.9 Å². The predicted molar refractivity (Wildman–Crippen MR) is 57.3 cm³/mol. The van der Waals surface area contributed by atoms with Gasteiger partial charge < -0.3 is 10.4 Å². The zero-order valence-electron chi connectivity index (χ0n) is 8.53. The maximum atomic E-state index is 9.78. The van der Waals surface area contributed by atoms with E-state index in [-0.39, 0.29) is 6.10 Å². The highest BCUT2D eigenvalue weighted by atomic mass is 16.3. The third-order valence-electron chi connectivity index (χ3n) is 2.74. The average Bonchev–Trinajstić information content (AvgIpc) is 3.02. The zero-order valence-corrected chi connectivity index (χ0v) is 8.53. The number of likely N-dealkylation sites (N-methyl/N-ethyl adjacent to an activating group) is 1. The summed E-state index contributed by atoms with van der Waals surface area (Å²) >= 11 is 0. The van der Waals surface area contributed by atoms with Gasteiger partial charge in [0.2, 0.25) is 0 Å². The third-order valence-corrected chi connectivity index (χ3v) is 2.74. The first kappa shape index (κ1) is 9.69. The summed E-state index contributed by atoms with van der Waals surface area (Å²) in [6, 6.07) is 8.34. The first-order valence-electron chi connectivity index (χ1n) is 5.24. The lowest BCUT2D eigenvalue weighted by Crippen LogP contribution is -2.16. The molecule has 76 valence electrons. The van der Waals surface area contributed by atoms with E-state index in [1.807, 2.05) is 19.2 Å². The minimum Gasteiger partial charge on any atom is -0.387 e. The molecule has 0 saturated heterocycles. The van der Waals surface area contributed by atoms with E-state index in [0.717, 1.165) is 11.5 Å². The van der Waals surface area contributed by atoms with Gasteiger partial charge in [-0.1, -0.05) is 24.3 Å². The van der Waals surface area contributed by atoms with Crippen LogP contribution in [0.5, 0.6) is 0 Å². The summed E-state index contributed by atoms with van der Waals surface area (Å²) in [4.78, 5) is 0. The molecule has 1 aliphatic rings. The molecule has 2 N–H and O–H groups in total. The second-order valence-electron chi connectivity index (χ2n) is 4.02. The molecule has 0 heterocycles. The fourth-order valence-electron chi connectivity index (χ4n) is 1.75. The van der Waals surface area contributed by atoms with Gasteiger partial charge in [-0.3, -0.25) is 0 Å². The Morgan fingerprint density at radius 1 is 1.50 bits per heavy atom. The van der Waals surface area contributed by atoms with E-state index in [0.29, 0.717) is 6.54 Å². The molecule has 2 rings (SSSR count). The van der Waals surface area contributed by atoms with Crippen LogP contribution in [0.2, 0.25) is 0 Å². The van der Waals surface area contributed by atoms with Crippen LogP contribution < -0.4 is 5.32 Å². The van der Waals surface area contributed by atoms with Gasteiger partial charge in [-0.25, -0.2) is 0 Å². The summed E-state index contributed by atoms with van der Waals surface area (Å²) < 4.78 is 0. The van der Waals surface area contributed by atoms with E-state index in [4.69, 9.17) is 0 Å². The van der Waals surface area contributed by atoms with E-state index in [9.17, 15) is 5.11 Å². The van der Waals surface area contributed by atoms with E-state index >= 15 is 0 Å². The maximum Gasteiger partial charge on any atom is 0.0914 e. The fraction of sp³-hybridized carbons (Fsp3) is 0.500. The molecule has 1 unspecified atom stereocenters. The van der Waals surface area contributed by atoms with Gasteiger partial charge in [0.1, 0.15) is 0 Å². The number of benzene rings is 1. The highest BCUT2D eigenvalue weighted by Gasteiger charge is 2.23. The molecule has 1 saturated carbocycles. The van der Waals surface area contributed by atoms with Gasteiger partial charge in [-0.2, -0.15) is 0 Å². The number of hydrogen-bond acceptors (Lipinski definition) is 2. The summed E-state index contributed by atoms with van der Waals surface area (Å²) in [5.74, 6) is 0.761. The monoisotopic (exact) mass is 191 g/mol. The molecule has 1 aromatic carbocycles. The molecule has 0 aliphatic heterocycles. The molecular weight excluding hydrogens is 174 g/mol. The highest BCUT2D eigenvalue weighted by molar-refractivity contribution is 5.30. The van der Waals surface area contributed by atoms with Crippen molar-refractivity contribution >= 4 is 0 Å². The lowest BCUT2D eigenvalue weighted by molar-refractivity contribution is 0.177. The largest absolute Gasteiger partial charge is 0.387 e. The van der Waals surface area contributed by atoms with E-state index < -0.39 is 0 Å². The molecule has 0 radical (unpaired) electrons. The van der Waals surface area contributed by atoms with Crippen LogP contribution in [0.4, 0.5) is 0 Å². The number of hydrogen-bond donors (Lipinski definition) is 2. The van der Waals surface area contributed by atoms with Gasteiger partial charge in [0.05, 0.1) is 6.10 Å². The Labute approximate surface area is 85.0 Å². The molecule has 0 bridgehead atoms. The molecule has 2 nitrogen and oxygen atoms in total. The highest BCUT2D eigenvalue weighted by Crippen LogP contribution is 2.40. The first-order valence-corrected chi connectivity index (χ1v) is 5.24. The molecule has 0 amide bonds. The minimum atomic E-state index is -0.376. The van der Waals surface area contributed by atoms with Crippen molar-refractivity contribution in [1.82, 2.24) is 5.32 Å². The lowest BCUT2D eigenvalue weighted by Gasteiger charge is -2.11. The summed E-state index contributed by atoms with van der Waals surface area (Å²) in [6.45, 7) is 0.619. The predicted octanol–water partition coefficient (Wildman–Crippen LogP) is 1.82. The van der Waals surface area contributed by atoms with E-state index in [1.165, 1.54) is 18.4 Å². The molecule has 1 aliphatic carbocycles. The van der Waals surface area contributed by atoms with Crippen molar-refractivity contribution in [2.45, 2.75) is 24.9 Å². The lowest BCUT2D eigenvalue weighted by atomic mass is 10.0. The maximum absolute atomic E-state index is 9.78. The summed E-state index contributed by atoms with van der Waals surface area (Å²) in [5.41, 5.74) is 2.42. The molecule has 14 heavy (non-hydrogen) atoms. The second-order valence-corrected chi connectivity index (χ2v) is 4.02. The Kier molecular flexibility index (Phi) is 2.85. The van der Waals surface area contributed by atoms with Crippen LogP contribution in [0.15, 0.2) is 24.3 Å². The fourth-order valence-corrected chi connectivity index (χ4v) is 1.75. The van der Waals surface area contributed by atoms with Crippen LogP contribution >= 0.6 is 0 Å². The number of rotatable bonds is 4. The van der Waals surface area contributed by atoms with Crippen molar-refractivity contribution in [1.29, 1.82) is 0 Å². The van der Waals surface area contributed by atoms with Gasteiger partial charge in [-0.15, -0.1) is 0 Å². The Hall–Kier alpha value is -0.860. The summed E-state index contributed by atoms with van der Waals surface area (Å²) in [7, 11) is 1.86. The summed E-state index contributed by atoms with van der Waals surface area (Å²) in [5, 5.41) is 12.8. The van der Waals surface area contributed by atoms with Crippen molar-refractivity contribution in [2.24, 2.45) is 0 Å². The van der Waals surface area contributed by atoms with Crippen molar-refractivity contribution in [3.05, 3.63) is 35.4 Å². The molecular formula is C12H17NO. The van der Waals surface area contributed by atoms with Crippen molar-refractivity contribution < 1.29 is 5.11 Å². The molecule has 0 spiro atoms. The van der Waals surface area contributed by atoms with Gasteiger partial charge in [0.15, 0.2) is 0 Å². The topological polar surface area (TPSA) is 32.3 Å². The van der Waals surface area contributed by atoms with Crippen LogP contribution in [-0.4, -0.2) is 18.7 Å². The smallest absolute Gasteiger partial charge is 0.0914 e. The summed E-state index contributed by atoms with van der Waals surface area (Å²) in [6.07, 6.45) is 2.25. The standard InChI is InChI=1S/C12H17NO/c1-13-8-12(14)11-4-2-3-10(7-11)9-5-6-9/h2-4,7,9,12-14H,5-6,8H2,1H3. The van der Waals surface area contributed by atoms with Gasteiger partial charge >= 0.3 is 0 Å². The minimum absolute atomic E-state index is 0.376. The normalized spacial score (nSPS) is 18.1. The molecule has 1 aromatic rings. The van der Waals surface area contributed by atoms with Gasteiger partial charge in [0, 0.05) is 6.54 Å². The number of nitrogens with one attached hydrogen (secondary N) is 1. The molecule has 1 atom stereocenters. The van der Waals surface area contributed by atoms with E-state index in [2.05, 4.69) is 17.4 Å². The first-order chi connectivity index (χ1) is 6.81. The van der Waals surface area contributed by atoms with Crippen molar-refractivity contribution in [3.63, 3.8) is 0 Å².